The van der Waals surface area contributed by atoms with Crippen LogP contribution in [0.1, 0.15) is 25.8 Å². The first-order chi connectivity index (χ1) is 13.7. The normalized spacial score (nSPS) is 14.1. The molecule has 28 heavy (non-hydrogen) atoms. The minimum atomic E-state index is -2.16. The smallest absolute Gasteiger partial charge is 0.0805 e. The molecule has 0 N–H and O–H groups in total. The van der Waals surface area contributed by atoms with Crippen LogP contribution >= 0.6 is 0 Å². The number of hydrogen-bond acceptors (Lipinski definition) is 0. The van der Waals surface area contributed by atoms with Crippen LogP contribution < -0.4 is 10.4 Å². The molecule has 0 fully saturated rings. The van der Waals surface area contributed by atoms with E-state index in [1.807, 2.05) is 0 Å². The van der Waals surface area contributed by atoms with Crippen LogP contribution in [0.15, 0.2) is 114 Å². The molecule has 3 aromatic carbocycles. The van der Waals surface area contributed by atoms with E-state index >= 15 is 0 Å². The van der Waals surface area contributed by atoms with Gasteiger partial charge in [-0.15, -0.1) is 0 Å². The second-order valence-electron chi connectivity index (χ2n) is 7.99. The fourth-order valence-electron chi connectivity index (χ4n) is 4.66. The highest BCUT2D eigenvalue weighted by Gasteiger charge is 2.42. The summed E-state index contributed by atoms with van der Waals surface area (Å²) in [7, 11) is -2.16. The molecule has 0 saturated carbocycles. The van der Waals surface area contributed by atoms with Gasteiger partial charge in [-0.25, -0.2) is 0 Å². The molecule has 1 heteroatoms. The number of benzene rings is 3. The highest BCUT2D eigenvalue weighted by molar-refractivity contribution is 7.07. The maximum absolute atomic E-state index is 2.39. The highest BCUT2D eigenvalue weighted by atomic mass is 28.3. The summed E-state index contributed by atoms with van der Waals surface area (Å²) in [5.74, 6) is 0.545. The molecule has 0 nitrogen and oxygen atoms in total. The van der Waals surface area contributed by atoms with Gasteiger partial charge >= 0.3 is 0 Å². The molecule has 0 radical (unpaired) electrons. The maximum atomic E-state index is 2.39. The highest BCUT2D eigenvalue weighted by Crippen LogP contribution is 2.34. The molecule has 0 atom stereocenters. The average Bonchev–Trinajstić information content (AvgIpc) is 3.25. The molecular weight excluding hydrogens is 352 g/mol. The molecule has 1 aliphatic carbocycles. The molecule has 4 rings (SSSR count). The Labute approximate surface area is 170 Å². The van der Waals surface area contributed by atoms with Crippen molar-refractivity contribution in [1.82, 2.24) is 0 Å². The Kier molecular flexibility index (Phi) is 5.45. The molecule has 0 heterocycles. The van der Waals surface area contributed by atoms with Crippen molar-refractivity contribution in [2.24, 2.45) is 5.92 Å². The zero-order valence-corrected chi connectivity index (χ0v) is 17.8. The van der Waals surface area contributed by atoms with Gasteiger partial charge in [0.15, 0.2) is 0 Å². The molecule has 0 aromatic heterocycles. The Morgan fingerprint density at radius 1 is 0.714 bits per heavy atom. The Bertz CT molecular complexity index is 927. The molecule has 0 bridgehead atoms. The number of allylic oxidation sites excluding steroid dienone is 4. The van der Waals surface area contributed by atoms with Crippen molar-refractivity contribution in [3.8, 4) is 0 Å². The monoisotopic (exact) mass is 380 g/mol. The lowest BCUT2D eigenvalue weighted by Crippen LogP contribution is -2.62. The molecule has 0 aliphatic heterocycles. The maximum Gasteiger partial charge on any atom is 0.149 e. The van der Waals surface area contributed by atoms with Gasteiger partial charge in [0.05, 0.1) is 0 Å². The summed E-state index contributed by atoms with van der Waals surface area (Å²) >= 11 is 0. The van der Waals surface area contributed by atoms with Gasteiger partial charge in [0, 0.05) is 0 Å². The van der Waals surface area contributed by atoms with Crippen LogP contribution in [0.3, 0.4) is 0 Å². The second kappa shape index (κ2) is 8.16. The minimum Gasteiger partial charge on any atom is -0.0805 e. The van der Waals surface area contributed by atoms with E-state index in [2.05, 4.69) is 117 Å². The van der Waals surface area contributed by atoms with Crippen molar-refractivity contribution in [1.29, 1.82) is 0 Å². The van der Waals surface area contributed by atoms with E-state index in [1.165, 1.54) is 15.9 Å². The van der Waals surface area contributed by atoms with E-state index in [9.17, 15) is 0 Å². The fraction of sp³-hybridized carbons (Fsp3) is 0.185. The SMILES string of the molecule is CC(C)C1=C([Si](Cc2ccccc2)(c2ccccc2)c2ccccc2)CC=C1. The third kappa shape index (κ3) is 3.43. The van der Waals surface area contributed by atoms with Crippen molar-refractivity contribution in [2.75, 3.05) is 0 Å². The van der Waals surface area contributed by atoms with E-state index in [0.717, 1.165) is 12.5 Å². The molecule has 140 valence electrons. The average molecular weight is 381 g/mol. The molecular formula is C27H28Si. The van der Waals surface area contributed by atoms with Crippen molar-refractivity contribution in [3.05, 3.63) is 119 Å². The van der Waals surface area contributed by atoms with Crippen LogP contribution in [0, 0.1) is 5.92 Å². The summed E-state index contributed by atoms with van der Waals surface area (Å²) < 4.78 is 0. The van der Waals surface area contributed by atoms with Crippen LogP contribution in [-0.4, -0.2) is 8.07 Å². The first kappa shape index (κ1) is 18.7. The summed E-state index contributed by atoms with van der Waals surface area (Å²) in [5, 5.41) is 4.72. The lowest BCUT2D eigenvalue weighted by Gasteiger charge is -2.36. The molecule has 3 aromatic rings. The largest absolute Gasteiger partial charge is 0.149 e. The minimum absolute atomic E-state index is 0.545. The molecule has 0 unspecified atom stereocenters. The van der Waals surface area contributed by atoms with Crippen LogP contribution in [0.5, 0.6) is 0 Å². The summed E-state index contributed by atoms with van der Waals surface area (Å²) in [6.45, 7) is 4.67. The Morgan fingerprint density at radius 2 is 1.21 bits per heavy atom. The van der Waals surface area contributed by atoms with Gasteiger partial charge in [-0.05, 0) is 39.9 Å². The molecule has 1 aliphatic rings. The third-order valence-electron chi connectivity index (χ3n) is 5.95. The van der Waals surface area contributed by atoms with E-state index in [4.69, 9.17) is 0 Å². The second-order valence-corrected chi connectivity index (χ2v) is 11.9. The number of rotatable bonds is 6. The van der Waals surface area contributed by atoms with Gasteiger partial charge in [0.2, 0.25) is 0 Å². The zero-order chi connectivity index (χ0) is 19.4. The van der Waals surface area contributed by atoms with E-state index in [1.54, 1.807) is 10.8 Å². The topological polar surface area (TPSA) is 0 Å². The predicted molar refractivity (Wildman–Crippen MR) is 124 cm³/mol. The van der Waals surface area contributed by atoms with Crippen LogP contribution in [0.2, 0.25) is 0 Å². The Balaban J connectivity index is 2.02. The lowest BCUT2D eigenvalue weighted by molar-refractivity contribution is 0.789. The lowest BCUT2D eigenvalue weighted by atomic mass is 10.1. The van der Waals surface area contributed by atoms with Gasteiger partial charge in [-0.3, -0.25) is 0 Å². The van der Waals surface area contributed by atoms with Gasteiger partial charge < -0.3 is 0 Å². The van der Waals surface area contributed by atoms with E-state index in [0.29, 0.717) is 5.92 Å². The zero-order valence-electron chi connectivity index (χ0n) is 16.8. The summed E-state index contributed by atoms with van der Waals surface area (Å²) in [6, 6.07) is 34.8. The summed E-state index contributed by atoms with van der Waals surface area (Å²) in [5.41, 5.74) is 2.99. The van der Waals surface area contributed by atoms with Gasteiger partial charge in [-0.1, -0.05) is 122 Å². The fourth-order valence-corrected chi connectivity index (χ4v) is 10.0. The van der Waals surface area contributed by atoms with E-state index < -0.39 is 8.07 Å². The van der Waals surface area contributed by atoms with Gasteiger partial charge in [0.1, 0.15) is 8.07 Å². The van der Waals surface area contributed by atoms with Crippen molar-refractivity contribution >= 4 is 18.4 Å². The van der Waals surface area contributed by atoms with Crippen molar-refractivity contribution in [2.45, 2.75) is 26.3 Å². The first-order valence-corrected chi connectivity index (χ1v) is 12.5. The Morgan fingerprint density at radius 3 is 1.71 bits per heavy atom. The first-order valence-electron chi connectivity index (χ1n) is 10.3. The number of hydrogen-bond donors (Lipinski definition) is 0. The van der Waals surface area contributed by atoms with Crippen molar-refractivity contribution < 1.29 is 0 Å². The quantitative estimate of drug-likeness (QED) is 0.497. The molecule has 0 spiro atoms. The standard InChI is InChI=1S/C27H28Si/c1-22(2)26-19-12-20-27(26)28(24-15-8-4-9-16-24,25-17-10-5-11-18-25)21-23-13-6-3-7-14-23/h3-19,22H,20-21H2,1-2H3. The molecule has 0 saturated heterocycles. The van der Waals surface area contributed by atoms with Crippen LogP contribution in [-0.2, 0) is 6.04 Å². The van der Waals surface area contributed by atoms with Crippen molar-refractivity contribution in [3.63, 3.8) is 0 Å². The van der Waals surface area contributed by atoms with Crippen LogP contribution in [0.25, 0.3) is 0 Å². The van der Waals surface area contributed by atoms with Gasteiger partial charge in [-0.2, -0.15) is 0 Å². The Hall–Kier alpha value is -2.64. The van der Waals surface area contributed by atoms with Crippen LogP contribution in [0.4, 0.5) is 0 Å². The third-order valence-corrected chi connectivity index (χ3v) is 11.0. The van der Waals surface area contributed by atoms with E-state index in [-0.39, 0.29) is 0 Å². The van der Waals surface area contributed by atoms with Gasteiger partial charge in [0.25, 0.3) is 0 Å². The molecule has 0 amide bonds. The summed E-state index contributed by atoms with van der Waals surface area (Å²) in [6.07, 6.45) is 5.85. The predicted octanol–water partition coefficient (Wildman–Crippen LogP) is 5.48. The summed E-state index contributed by atoms with van der Waals surface area (Å²) in [4.78, 5) is 0.